The van der Waals surface area contributed by atoms with Gasteiger partial charge >= 0.3 is 6.09 Å². The molecule has 7 heteroatoms. The van der Waals surface area contributed by atoms with Gasteiger partial charge in [0.1, 0.15) is 5.60 Å². The van der Waals surface area contributed by atoms with Gasteiger partial charge in [0.2, 0.25) is 0 Å². The van der Waals surface area contributed by atoms with Crippen molar-refractivity contribution in [3.05, 3.63) is 0 Å². The van der Waals surface area contributed by atoms with E-state index in [1.165, 1.54) is 19.4 Å². The molecule has 0 spiro atoms. The molecule has 0 aromatic heterocycles. The molecule has 2 N–H and O–H groups in total. The minimum absolute atomic E-state index is 0.207. The van der Waals surface area contributed by atoms with Gasteiger partial charge in [-0.2, -0.15) is 0 Å². The number of nitrogens with zero attached hydrogens (tertiary/aromatic N) is 3. The van der Waals surface area contributed by atoms with Crippen LogP contribution in [0.2, 0.25) is 0 Å². The summed E-state index contributed by atoms with van der Waals surface area (Å²) in [7, 11) is 2.19. The van der Waals surface area contributed by atoms with Gasteiger partial charge in [0, 0.05) is 38.8 Å². The second kappa shape index (κ2) is 10.2. The van der Waals surface area contributed by atoms with Crippen LogP contribution in [0, 0.1) is 5.92 Å². The van der Waals surface area contributed by atoms with E-state index < -0.39 is 5.60 Å². The first-order chi connectivity index (χ1) is 12.8. The average Bonchev–Trinajstić information content (AvgIpc) is 2.59. The number of ether oxygens (including phenoxy) is 1. The maximum atomic E-state index is 12.4. The van der Waals surface area contributed by atoms with Crippen molar-refractivity contribution in [2.75, 3.05) is 46.3 Å². The number of rotatable bonds is 4. The number of aliphatic imine (C=N–C) groups is 1. The Kier molecular flexibility index (Phi) is 8.20. The van der Waals surface area contributed by atoms with Crippen molar-refractivity contribution in [1.82, 2.24) is 20.4 Å². The number of guanidine groups is 1. The quantitative estimate of drug-likeness (QED) is 0.578. The van der Waals surface area contributed by atoms with E-state index in [-0.39, 0.29) is 12.1 Å². The van der Waals surface area contributed by atoms with Crippen molar-refractivity contribution in [1.29, 1.82) is 0 Å². The Morgan fingerprint density at radius 1 is 1.19 bits per heavy atom. The molecular formula is C20H39N5O2. The smallest absolute Gasteiger partial charge is 0.410 e. The Bertz CT molecular complexity index is 503. The topological polar surface area (TPSA) is 69.2 Å². The summed E-state index contributed by atoms with van der Waals surface area (Å²) in [4.78, 5) is 21.4. The predicted octanol–water partition coefficient (Wildman–Crippen LogP) is 2.28. The van der Waals surface area contributed by atoms with Crippen LogP contribution in [0.15, 0.2) is 4.99 Å². The van der Waals surface area contributed by atoms with Crippen LogP contribution in [-0.4, -0.2) is 79.8 Å². The number of carbonyl (C=O) groups excluding carboxylic acids is 1. The van der Waals surface area contributed by atoms with Crippen LogP contribution in [0.25, 0.3) is 0 Å². The molecule has 2 unspecified atom stereocenters. The van der Waals surface area contributed by atoms with Crippen molar-refractivity contribution in [2.45, 2.75) is 65.0 Å². The highest BCUT2D eigenvalue weighted by Gasteiger charge is 2.28. The van der Waals surface area contributed by atoms with Crippen molar-refractivity contribution < 1.29 is 9.53 Å². The molecule has 0 aromatic carbocycles. The molecule has 2 heterocycles. The fraction of sp³-hybridized carbons (Fsp3) is 0.900. The summed E-state index contributed by atoms with van der Waals surface area (Å²) >= 11 is 0. The number of piperidine rings is 2. The Hall–Kier alpha value is -1.50. The maximum absolute atomic E-state index is 12.4. The largest absolute Gasteiger partial charge is 0.444 e. The van der Waals surface area contributed by atoms with Crippen molar-refractivity contribution in [3.63, 3.8) is 0 Å². The Morgan fingerprint density at radius 3 is 2.59 bits per heavy atom. The van der Waals surface area contributed by atoms with Gasteiger partial charge in [-0.3, -0.25) is 4.99 Å². The third kappa shape index (κ3) is 7.95. The van der Waals surface area contributed by atoms with Crippen molar-refractivity contribution in [3.8, 4) is 0 Å². The van der Waals surface area contributed by atoms with Gasteiger partial charge in [-0.15, -0.1) is 0 Å². The van der Waals surface area contributed by atoms with Crippen LogP contribution in [0.5, 0.6) is 0 Å². The highest BCUT2D eigenvalue weighted by atomic mass is 16.6. The molecule has 0 bridgehead atoms. The number of hydrogen-bond donors (Lipinski definition) is 2. The normalized spacial score (nSPS) is 25.2. The first-order valence-corrected chi connectivity index (χ1v) is 10.5. The van der Waals surface area contributed by atoms with Crippen LogP contribution in [0.4, 0.5) is 4.79 Å². The molecule has 2 fully saturated rings. The van der Waals surface area contributed by atoms with Gasteiger partial charge in [-0.25, -0.2) is 4.79 Å². The fourth-order valence-corrected chi connectivity index (χ4v) is 3.74. The van der Waals surface area contributed by atoms with E-state index >= 15 is 0 Å². The monoisotopic (exact) mass is 381 g/mol. The molecule has 7 nitrogen and oxygen atoms in total. The zero-order chi connectivity index (χ0) is 19.9. The molecule has 0 aliphatic carbocycles. The van der Waals surface area contributed by atoms with Crippen molar-refractivity contribution >= 4 is 12.1 Å². The highest BCUT2D eigenvalue weighted by molar-refractivity contribution is 5.80. The third-order valence-electron chi connectivity index (χ3n) is 4.99. The lowest BCUT2D eigenvalue weighted by Crippen LogP contribution is -2.53. The first-order valence-electron chi connectivity index (χ1n) is 10.5. The minimum atomic E-state index is -0.457. The summed E-state index contributed by atoms with van der Waals surface area (Å²) in [6, 6.07) is 0.207. The lowest BCUT2D eigenvalue weighted by Gasteiger charge is -2.35. The molecule has 1 amide bonds. The van der Waals surface area contributed by atoms with E-state index in [1.54, 1.807) is 0 Å². The second-order valence-corrected chi connectivity index (χ2v) is 8.90. The standard InChI is InChI=1S/C20H39N5O2/c1-6-21-18(22-13-16-9-7-11-24(5)14-16)23-17-10-8-12-25(15-17)19(26)27-20(2,3)4/h16-17H,6-15H2,1-5H3,(H2,21,22,23). The molecule has 2 atom stereocenters. The number of carbonyl (C=O) groups is 1. The van der Waals surface area contributed by atoms with E-state index in [0.29, 0.717) is 12.5 Å². The van der Waals surface area contributed by atoms with Crippen LogP contribution in [-0.2, 0) is 4.74 Å². The molecular weight excluding hydrogens is 342 g/mol. The Labute approximate surface area is 164 Å². The lowest BCUT2D eigenvalue weighted by molar-refractivity contribution is 0.0193. The summed E-state index contributed by atoms with van der Waals surface area (Å²) in [5.74, 6) is 1.49. The second-order valence-electron chi connectivity index (χ2n) is 8.90. The summed E-state index contributed by atoms with van der Waals surface area (Å²) in [5.41, 5.74) is -0.457. The Morgan fingerprint density at radius 2 is 1.93 bits per heavy atom. The number of nitrogens with one attached hydrogen (secondary N) is 2. The Balaban J connectivity index is 1.88. The SMILES string of the molecule is CCNC(=NCC1CCCN(C)C1)NC1CCCN(C(=O)OC(C)(C)C)C1. The summed E-state index contributed by atoms with van der Waals surface area (Å²) in [6.45, 7) is 13.2. The van der Waals surface area contributed by atoms with Crippen LogP contribution in [0.1, 0.15) is 53.4 Å². The van der Waals surface area contributed by atoms with Crippen LogP contribution in [0.3, 0.4) is 0 Å². The van der Waals surface area contributed by atoms with Gasteiger partial charge in [-0.1, -0.05) is 0 Å². The predicted molar refractivity (Wildman–Crippen MR) is 110 cm³/mol. The lowest BCUT2D eigenvalue weighted by atomic mass is 9.99. The van der Waals surface area contributed by atoms with Gasteiger partial charge in [-0.05, 0) is 72.9 Å². The van der Waals surface area contributed by atoms with Gasteiger partial charge in [0.05, 0.1) is 0 Å². The van der Waals surface area contributed by atoms with Gasteiger partial charge < -0.3 is 25.2 Å². The summed E-state index contributed by atoms with van der Waals surface area (Å²) in [6.07, 6.45) is 4.30. The molecule has 2 aliphatic rings. The van der Waals surface area contributed by atoms with Gasteiger partial charge in [0.15, 0.2) is 5.96 Å². The van der Waals surface area contributed by atoms with Crippen LogP contribution >= 0.6 is 0 Å². The van der Waals surface area contributed by atoms with E-state index in [9.17, 15) is 4.79 Å². The number of hydrogen-bond acceptors (Lipinski definition) is 4. The van der Waals surface area contributed by atoms with E-state index in [2.05, 4.69) is 29.5 Å². The van der Waals surface area contributed by atoms with Crippen molar-refractivity contribution in [2.24, 2.45) is 10.9 Å². The minimum Gasteiger partial charge on any atom is -0.444 e. The van der Waals surface area contributed by atoms with Gasteiger partial charge in [0.25, 0.3) is 0 Å². The van der Waals surface area contributed by atoms with E-state index in [0.717, 1.165) is 45.0 Å². The molecule has 0 aromatic rings. The summed E-state index contributed by atoms with van der Waals surface area (Å²) < 4.78 is 5.52. The van der Waals surface area contributed by atoms with Crippen LogP contribution < -0.4 is 10.6 Å². The van der Waals surface area contributed by atoms with E-state index in [1.807, 2.05) is 25.7 Å². The summed E-state index contributed by atoms with van der Waals surface area (Å²) in [5, 5.41) is 6.88. The molecule has 2 rings (SSSR count). The van der Waals surface area contributed by atoms with E-state index in [4.69, 9.17) is 9.73 Å². The number of likely N-dealkylation sites (tertiary alicyclic amines) is 2. The fourth-order valence-electron chi connectivity index (χ4n) is 3.74. The highest BCUT2D eigenvalue weighted by Crippen LogP contribution is 2.16. The first kappa shape index (κ1) is 21.8. The third-order valence-corrected chi connectivity index (χ3v) is 4.99. The molecule has 0 saturated carbocycles. The average molecular weight is 382 g/mol. The molecule has 27 heavy (non-hydrogen) atoms. The molecule has 2 aliphatic heterocycles. The molecule has 0 radical (unpaired) electrons. The zero-order valence-corrected chi connectivity index (χ0v) is 17.9. The zero-order valence-electron chi connectivity index (χ0n) is 17.9. The molecule has 156 valence electrons. The maximum Gasteiger partial charge on any atom is 0.410 e. The molecule has 2 saturated heterocycles. The number of amides is 1.